The third kappa shape index (κ3) is 29.1. The first-order chi connectivity index (χ1) is 55.8. The van der Waals surface area contributed by atoms with Gasteiger partial charge in [-0.1, -0.05) is 91.5 Å². The van der Waals surface area contributed by atoms with Crippen LogP contribution in [0.25, 0.3) is 22.3 Å². The van der Waals surface area contributed by atoms with Crippen LogP contribution in [-0.2, 0) is 114 Å². The lowest BCUT2D eigenvalue weighted by Crippen LogP contribution is -2.46. The maximum absolute atomic E-state index is 13.3. The number of hydrogen-bond donors (Lipinski definition) is 18. The molecule has 2 aliphatic heterocycles. The summed E-state index contributed by atoms with van der Waals surface area (Å²) >= 11 is 0. The van der Waals surface area contributed by atoms with Crippen molar-refractivity contribution < 1.29 is 161 Å². The maximum atomic E-state index is 13.3. The lowest BCUT2D eigenvalue weighted by Gasteiger charge is -2.30. The number of imidazole rings is 2. The number of amides is 4. The molecule has 48 nitrogen and oxygen atoms in total. The molecule has 1 aliphatic carbocycles. The predicted octanol–water partition coefficient (Wildman–Crippen LogP) is 2.45. The molecule has 8 rings (SSSR count). The number of nitrogen functional groups attached to an aromatic ring is 2. The van der Waals surface area contributed by atoms with Gasteiger partial charge in [-0.2, -0.15) is 8.62 Å². The molecule has 1 saturated carbocycles. The number of aliphatic hydroxyl groups excluding tert-OH is 4. The molecule has 6 heterocycles. The van der Waals surface area contributed by atoms with E-state index in [4.69, 9.17) is 39.0 Å². The zero-order valence-corrected chi connectivity index (χ0v) is 71.5. The van der Waals surface area contributed by atoms with Crippen molar-refractivity contribution >= 4 is 116 Å². The number of phosphoric acid groups is 6. The Morgan fingerprint density at radius 3 is 1.36 bits per heavy atom. The number of aromatic nitrogens is 8. The summed E-state index contributed by atoms with van der Waals surface area (Å²) < 4.78 is 126. The second-order valence-corrected chi connectivity index (χ2v) is 39.6. The fourth-order valence-corrected chi connectivity index (χ4v) is 18.7. The van der Waals surface area contributed by atoms with Gasteiger partial charge in [0.05, 0.1) is 39.1 Å². The Balaban J connectivity index is 0.628. The van der Waals surface area contributed by atoms with Crippen LogP contribution in [0, 0.1) is 21.7 Å². The number of ketones is 2. The Morgan fingerprint density at radius 1 is 0.542 bits per heavy atom. The van der Waals surface area contributed by atoms with Gasteiger partial charge in [0.2, 0.25) is 23.6 Å². The van der Waals surface area contributed by atoms with Crippen molar-refractivity contribution in [3.8, 4) is 0 Å². The van der Waals surface area contributed by atoms with Crippen molar-refractivity contribution in [2.45, 2.75) is 206 Å². The third-order valence-electron chi connectivity index (χ3n) is 20.1. The number of ether oxygens (including phenoxy) is 2. The first kappa shape index (κ1) is 99.1. The van der Waals surface area contributed by atoms with Crippen molar-refractivity contribution in [1.29, 1.82) is 0 Å². The Morgan fingerprint density at radius 2 is 0.942 bits per heavy atom. The van der Waals surface area contributed by atoms with Gasteiger partial charge in [0, 0.05) is 73.5 Å². The second kappa shape index (κ2) is 41.6. The van der Waals surface area contributed by atoms with E-state index in [-0.39, 0.29) is 97.4 Å². The number of aryl methyl sites for hydroxylation is 2. The normalized spacial score (nSPS) is 22.2. The number of nitrogens with two attached hydrogens (primary N) is 2. The number of nitrogens with zero attached hydrogens (tertiary/aromatic N) is 8. The molecule has 0 radical (unpaired) electrons. The summed E-state index contributed by atoms with van der Waals surface area (Å²) in [6.07, 6.45) is -4.57. The smallest absolute Gasteiger partial charge is 0.386 e. The highest BCUT2D eigenvalue weighted by atomic mass is 31.3. The number of benzene rings is 1. The summed E-state index contributed by atoms with van der Waals surface area (Å²) in [5.74, 6) is -3.19. The van der Waals surface area contributed by atoms with Crippen LogP contribution >= 0.6 is 46.9 Å². The predicted molar refractivity (Wildman–Crippen MR) is 415 cm³/mol. The van der Waals surface area contributed by atoms with Crippen LogP contribution in [0.3, 0.4) is 0 Å². The number of anilines is 2. The summed E-state index contributed by atoms with van der Waals surface area (Å²) in [6, 6.07) is 8.38. The third-order valence-corrected chi connectivity index (χ3v) is 26.3. The van der Waals surface area contributed by atoms with Crippen LogP contribution in [0.4, 0.5) is 11.6 Å². The van der Waals surface area contributed by atoms with Gasteiger partial charge in [0.15, 0.2) is 35.4 Å². The van der Waals surface area contributed by atoms with Gasteiger partial charge in [-0.25, -0.2) is 57.3 Å². The first-order valence-corrected chi connectivity index (χ1v) is 46.8. The number of carbonyl (C=O) groups is 6. The number of carbonyl (C=O) groups excluding carboxylic acids is 6. The first-order valence-electron chi connectivity index (χ1n) is 37.7. The van der Waals surface area contributed by atoms with E-state index in [1.165, 1.54) is 38.8 Å². The minimum Gasteiger partial charge on any atom is -0.386 e. The van der Waals surface area contributed by atoms with Gasteiger partial charge in [-0.3, -0.25) is 65.0 Å². The maximum Gasteiger partial charge on any atom is 0.481 e. The van der Waals surface area contributed by atoms with Gasteiger partial charge in [0.1, 0.15) is 84.1 Å². The monoisotopic (exact) mass is 1820 g/mol. The number of Topliss-reactive ketones (excluding diaryl/α,β-unsaturated/α-hetero) is 2. The van der Waals surface area contributed by atoms with Crippen LogP contribution in [0.5, 0.6) is 0 Å². The highest BCUT2D eigenvalue weighted by Crippen LogP contribution is 2.63. The highest BCUT2D eigenvalue weighted by molar-refractivity contribution is 7.61. The summed E-state index contributed by atoms with van der Waals surface area (Å²) in [4.78, 5) is 181. The fourth-order valence-electron chi connectivity index (χ4n) is 13.1. The standard InChI is InChI=1S/C66H104N14O34P6/c1-63(2,43(81)18-26-69-45(83)20-28-71-59(89)53(87)64(3,4)33-107-119(101,102)113-117(97,98)105-31-41-51(111-115(91,92)93)49(85)61(109-41)79-37-77-47-55(67)73-35-75-57(47)79)22-11-7-9-14-39-16-13-17-40(30-39)15-10-8-12-23-66(24-25-66)44(82)19-27-70-46(84)21-29-72-60(90)54(88)65(5,6)34-108-120(103,104)114-118(99,100)106-32-42-52(112-116(94,95)96)50(86)62(110-42)80-38-78-48-56(68)74-36-76-58(48)80/h13,16-17,30,35-38,41-42,49-54,61-62,85-88H,7-12,14-15,18-29,31-34H2,1-6H3,(H,69,83)(H,70,84)(H,71,89)(H,72,90)(H,97,98)(H,99,100)(H,101,102)(H,103,104)(H2,67,73,75)(H2,68,74,76)(H2,91,92,93)(H2,94,95,96). The lowest BCUT2D eigenvalue weighted by atomic mass is 9.81. The van der Waals surface area contributed by atoms with Crippen LogP contribution in [-0.4, -0.2) is 235 Å². The molecule has 54 heteroatoms. The van der Waals surface area contributed by atoms with Crippen molar-refractivity contribution in [3.05, 3.63) is 60.7 Å². The van der Waals surface area contributed by atoms with Gasteiger partial charge in [-0.05, 0) is 62.5 Å². The highest BCUT2D eigenvalue weighted by Gasteiger charge is 2.53. The molecule has 0 bridgehead atoms. The molecule has 3 aliphatic rings. The lowest BCUT2D eigenvalue weighted by molar-refractivity contribution is -0.137. The largest absolute Gasteiger partial charge is 0.481 e. The van der Waals surface area contributed by atoms with E-state index in [1.807, 2.05) is 19.9 Å². The molecule has 14 unspecified atom stereocenters. The molecular weight excluding hydrogens is 1720 g/mol. The SMILES string of the molecule is CC(C)(CCCCCc1cccc(CCCCCC2(C(=O)CCNC(=O)CCNC(=O)C(O)C(C)(C)COP(=O)(O)OP(=O)(O)OCC3OC(n4cnc5c(N)ncnc54)C(O)C3OP(=O)(O)O)CC2)c1)C(=O)CCNC(=O)CCNC(=O)C(O)C(C)(C)COP(=O)(O)OP(=O)(O)OCC1OC(n2cnc3c(N)ncnc32)C(O)C1OP(=O)(O)O. The zero-order chi connectivity index (χ0) is 88.8. The molecule has 120 heavy (non-hydrogen) atoms. The second-order valence-electron chi connectivity index (χ2n) is 31.1. The minimum atomic E-state index is -5.64. The number of phosphoric ester groups is 6. The van der Waals surface area contributed by atoms with Crippen molar-refractivity contribution in [1.82, 2.24) is 60.3 Å². The Labute approximate surface area is 686 Å². The fraction of sp³-hybridized carbons (Fsp3) is 0.667. The van der Waals surface area contributed by atoms with Gasteiger partial charge < -0.3 is 102 Å². The molecule has 672 valence electrons. The average molecular weight is 1820 g/mol. The molecule has 0 spiro atoms. The molecular formula is C66H104N14O34P6. The Hall–Kier alpha value is -6.36. The van der Waals surface area contributed by atoms with E-state index < -0.39 is 180 Å². The number of aliphatic hydroxyl groups is 4. The molecule has 20 N–H and O–H groups in total. The molecule has 14 atom stereocenters. The van der Waals surface area contributed by atoms with Crippen LogP contribution in [0.2, 0.25) is 0 Å². The molecule has 5 aromatic rings. The average Bonchev–Trinajstić information content (AvgIpc) is 1.61. The van der Waals surface area contributed by atoms with Crippen LogP contribution in [0.1, 0.15) is 155 Å². The number of nitrogens with one attached hydrogen (secondary N) is 4. The molecule has 2 saturated heterocycles. The van der Waals surface area contributed by atoms with Crippen molar-refractivity contribution in [2.75, 3.05) is 64.1 Å². The van der Waals surface area contributed by atoms with Crippen molar-refractivity contribution in [2.24, 2.45) is 21.7 Å². The summed E-state index contributed by atoms with van der Waals surface area (Å²) in [5, 5.41) is 53.7. The molecule has 4 amide bonds. The number of fused-ring (bicyclic) bond motifs is 2. The van der Waals surface area contributed by atoms with E-state index in [1.54, 1.807) is 0 Å². The van der Waals surface area contributed by atoms with Crippen molar-refractivity contribution in [3.63, 3.8) is 0 Å². The Bertz CT molecular complexity index is 4450. The Kier molecular flexibility index (Phi) is 34.4. The van der Waals surface area contributed by atoms with E-state index in [0.717, 1.165) is 105 Å². The van der Waals surface area contributed by atoms with E-state index in [0.29, 0.717) is 6.42 Å². The van der Waals surface area contributed by atoms with Crippen LogP contribution < -0.4 is 32.7 Å². The molecule has 4 aromatic heterocycles. The summed E-state index contributed by atoms with van der Waals surface area (Å²) in [6.45, 7) is 3.98. The van der Waals surface area contributed by atoms with Gasteiger partial charge >= 0.3 is 46.9 Å². The number of rotatable bonds is 52. The van der Waals surface area contributed by atoms with E-state index >= 15 is 0 Å². The van der Waals surface area contributed by atoms with Crippen LogP contribution in [0.15, 0.2) is 49.6 Å². The summed E-state index contributed by atoms with van der Waals surface area (Å²) in [7, 11) is -33.2. The quantitative estimate of drug-likeness (QED) is 0.0196. The topological polar surface area (TPSA) is 727 Å². The zero-order valence-electron chi connectivity index (χ0n) is 66.1. The minimum absolute atomic E-state index is 0.00600. The number of hydrogen-bond acceptors (Lipinski definition) is 34. The van der Waals surface area contributed by atoms with Gasteiger partial charge in [-0.15, -0.1) is 0 Å². The molecule has 3 fully saturated rings. The molecule has 1 aromatic carbocycles. The van der Waals surface area contributed by atoms with Gasteiger partial charge in [0.25, 0.3) is 0 Å². The van der Waals surface area contributed by atoms with E-state index in [2.05, 4.69) is 87.0 Å². The summed E-state index contributed by atoms with van der Waals surface area (Å²) in [5.41, 5.74) is 9.66. The van der Waals surface area contributed by atoms with E-state index in [9.17, 15) is 116 Å². The number of unbranched alkanes of at least 4 members (excludes halogenated alkanes) is 4.